The molecule has 1 aliphatic rings. The highest BCUT2D eigenvalue weighted by molar-refractivity contribution is 5.44. The zero-order valence-corrected chi connectivity index (χ0v) is 11.5. The van der Waals surface area contributed by atoms with E-state index in [2.05, 4.69) is 0 Å². The van der Waals surface area contributed by atoms with Crippen molar-refractivity contribution >= 4 is 0 Å². The summed E-state index contributed by atoms with van der Waals surface area (Å²) in [6.07, 6.45) is 0.195. The Labute approximate surface area is 121 Å². The van der Waals surface area contributed by atoms with Crippen LogP contribution in [0.2, 0.25) is 0 Å². The summed E-state index contributed by atoms with van der Waals surface area (Å²) in [5.74, 6) is 0.365. The van der Waals surface area contributed by atoms with Gasteiger partial charge in [0.25, 0.3) is 0 Å². The van der Waals surface area contributed by atoms with Gasteiger partial charge in [-0.05, 0) is 35.9 Å². The molecule has 0 amide bonds. The molecule has 2 atom stereocenters. The molecular weight excluding hydrogens is 273 g/mol. The molecule has 0 aromatic heterocycles. The second-order valence-electron chi connectivity index (χ2n) is 5.06. The van der Waals surface area contributed by atoms with Gasteiger partial charge < -0.3 is 20.3 Å². The smallest absolute Gasteiger partial charge is 0.165 e. The number of hydrogen-bond acceptors (Lipinski definition) is 4. The van der Waals surface area contributed by atoms with Crippen molar-refractivity contribution in [2.24, 2.45) is 5.73 Å². The summed E-state index contributed by atoms with van der Waals surface area (Å²) in [7, 11) is 1.60. The highest BCUT2D eigenvalue weighted by Crippen LogP contribution is 2.41. The fraction of sp³-hybridized carbons (Fsp3) is 0.250. The molecule has 1 unspecified atom stereocenters. The monoisotopic (exact) mass is 289 g/mol. The largest absolute Gasteiger partial charge is 0.505 e. The van der Waals surface area contributed by atoms with Crippen LogP contribution in [-0.4, -0.2) is 12.2 Å². The van der Waals surface area contributed by atoms with Crippen molar-refractivity contribution in [3.8, 4) is 17.2 Å². The van der Waals surface area contributed by atoms with E-state index in [1.165, 1.54) is 12.1 Å². The summed E-state index contributed by atoms with van der Waals surface area (Å²) in [6, 6.07) is 9.48. The Hall–Kier alpha value is -2.27. The molecule has 2 aromatic rings. The van der Waals surface area contributed by atoms with E-state index < -0.39 is 5.82 Å². The van der Waals surface area contributed by atoms with Gasteiger partial charge in [0.2, 0.25) is 0 Å². The maximum atomic E-state index is 13.5. The average Bonchev–Trinajstić information content (AvgIpc) is 2.49. The zero-order valence-electron chi connectivity index (χ0n) is 11.5. The molecule has 4 nitrogen and oxygen atoms in total. The molecule has 5 heteroatoms. The van der Waals surface area contributed by atoms with Crippen LogP contribution < -0.4 is 15.2 Å². The van der Waals surface area contributed by atoms with Crippen molar-refractivity contribution in [3.05, 3.63) is 53.3 Å². The van der Waals surface area contributed by atoms with Gasteiger partial charge in [-0.2, -0.15) is 0 Å². The van der Waals surface area contributed by atoms with E-state index >= 15 is 0 Å². The fourth-order valence-electron chi connectivity index (χ4n) is 2.54. The van der Waals surface area contributed by atoms with Crippen molar-refractivity contribution in [1.82, 2.24) is 0 Å². The number of halogens is 1. The molecule has 1 aliphatic heterocycles. The van der Waals surface area contributed by atoms with Gasteiger partial charge in [-0.1, -0.05) is 6.07 Å². The third kappa shape index (κ3) is 2.52. The molecule has 0 spiro atoms. The summed E-state index contributed by atoms with van der Waals surface area (Å²) in [4.78, 5) is 0. The van der Waals surface area contributed by atoms with Crippen LogP contribution in [0.15, 0.2) is 36.4 Å². The molecule has 1 heterocycles. The van der Waals surface area contributed by atoms with Crippen LogP contribution in [0.3, 0.4) is 0 Å². The first-order valence-corrected chi connectivity index (χ1v) is 6.67. The van der Waals surface area contributed by atoms with Gasteiger partial charge in [0, 0.05) is 18.0 Å². The maximum absolute atomic E-state index is 13.5. The first-order valence-electron chi connectivity index (χ1n) is 6.67. The normalized spacial score (nSPS) is 20.5. The summed E-state index contributed by atoms with van der Waals surface area (Å²) in [5.41, 5.74) is 7.72. The van der Waals surface area contributed by atoms with Gasteiger partial charge in [0.15, 0.2) is 11.6 Å². The summed E-state index contributed by atoms with van der Waals surface area (Å²) in [6.45, 7) is 0. The molecule has 21 heavy (non-hydrogen) atoms. The molecule has 110 valence electrons. The first-order chi connectivity index (χ1) is 10.1. The average molecular weight is 289 g/mol. The molecule has 3 rings (SSSR count). The van der Waals surface area contributed by atoms with E-state index in [0.29, 0.717) is 17.7 Å². The quantitative estimate of drug-likeness (QED) is 0.891. The Bertz CT molecular complexity index is 675. The highest BCUT2D eigenvalue weighted by atomic mass is 19.1. The number of fused-ring (bicyclic) bond motifs is 1. The number of aromatic hydroxyl groups is 1. The predicted molar refractivity (Wildman–Crippen MR) is 76.0 cm³/mol. The van der Waals surface area contributed by atoms with Gasteiger partial charge in [0.1, 0.15) is 17.6 Å². The van der Waals surface area contributed by atoms with Crippen LogP contribution in [0, 0.1) is 5.82 Å². The fourth-order valence-corrected chi connectivity index (χ4v) is 2.54. The third-order valence-corrected chi connectivity index (χ3v) is 3.70. The lowest BCUT2D eigenvalue weighted by molar-refractivity contribution is 0.160. The lowest BCUT2D eigenvalue weighted by Gasteiger charge is -2.30. The minimum Gasteiger partial charge on any atom is -0.505 e. The van der Waals surface area contributed by atoms with E-state index in [1.54, 1.807) is 25.3 Å². The van der Waals surface area contributed by atoms with Crippen molar-refractivity contribution < 1.29 is 19.0 Å². The van der Waals surface area contributed by atoms with E-state index in [0.717, 1.165) is 11.3 Å². The zero-order chi connectivity index (χ0) is 15.0. The lowest BCUT2D eigenvalue weighted by Crippen LogP contribution is -2.24. The lowest BCUT2D eigenvalue weighted by atomic mass is 9.93. The molecule has 0 saturated carbocycles. The number of methoxy groups -OCH3 is 1. The minimum atomic E-state index is -0.662. The molecule has 0 radical (unpaired) electrons. The van der Waals surface area contributed by atoms with Crippen molar-refractivity contribution in [1.29, 1.82) is 0 Å². The van der Waals surface area contributed by atoms with Crippen molar-refractivity contribution in [2.75, 3.05) is 7.11 Å². The van der Waals surface area contributed by atoms with E-state index in [1.807, 2.05) is 6.07 Å². The van der Waals surface area contributed by atoms with Crippen LogP contribution in [-0.2, 0) is 0 Å². The van der Waals surface area contributed by atoms with Gasteiger partial charge in [-0.3, -0.25) is 0 Å². The number of nitrogens with two attached hydrogens (primary N) is 1. The van der Waals surface area contributed by atoms with Crippen LogP contribution in [0.4, 0.5) is 4.39 Å². The summed E-state index contributed by atoms with van der Waals surface area (Å²) >= 11 is 0. The minimum absolute atomic E-state index is 0.217. The highest BCUT2D eigenvalue weighted by Gasteiger charge is 2.28. The molecule has 0 fully saturated rings. The molecule has 2 aromatic carbocycles. The predicted octanol–water partition coefficient (Wildman–Crippen LogP) is 3.06. The molecular formula is C16H16FNO3. The Kier molecular flexibility index (Phi) is 3.43. The van der Waals surface area contributed by atoms with E-state index in [4.69, 9.17) is 15.2 Å². The number of rotatable bonds is 2. The SMILES string of the molecule is COc1ccc2c(c1)[C@H](N)CC(c1ccc(O)c(F)c1)O2. The van der Waals surface area contributed by atoms with Crippen LogP contribution in [0.5, 0.6) is 17.2 Å². The molecule has 3 N–H and O–H groups in total. The Morgan fingerprint density at radius 2 is 2.10 bits per heavy atom. The van der Waals surface area contributed by atoms with E-state index in [-0.39, 0.29) is 17.9 Å². The molecule has 0 bridgehead atoms. The van der Waals surface area contributed by atoms with Gasteiger partial charge in [0.05, 0.1) is 7.11 Å². The Morgan fingerprint density at radius 3 is 2.81 bits per heavy atom. The van der Waals surface area contributed by atoms with Crippen molar-refractivity contribution in [3.63, 3.8) is 0 Å². The summed E-state index contributed by atoms with van der Waals surface area (Å²) < 4.78 is 24.6. The van der Waals surface area contributed by atoms with Gasteiger partial charge in [-0.25, -0.2) is 4.39 Å². The maximum Gasteiger partial charge on any atom is 0.165 e. The number of phenolic OH excluding ortho intramolecular Hbond substituents is 1. The standard InChI is InChI=1S/C16H16FNO3/c1-20-10-3-5-15-11(7-10)13(18)8-16(21-15)9-2-4-14(19)12(17)6-9/h2-7,13,16,19H,8,18H2,1H3/t13-,16?/m1/s1. The Balaban J connectivity index is 1.92. The van der Waals surface area contributed by atoms with Crippen LogP contribution in [0.25, 0.3) is 0 Å². The van der Waals surface area contributed by atoms with Crippen molar-refractivity contribution in [2.45, 2.75) is 18.6 Å². The number of ether oxygens (including phenoxy) is 2. The van der Waals surface area contributed by atoms with Crippen LogP contribution in [0.1, 0.15) is 29.7 Å². The number of phenols is 1. The van der Waals surface area contributed by atoms with Crippen LogP contribution >= 0.6 is 0 Å². The summed E-state index contributed by atoms with van der Waals surface area (Å²) in [5, 5.41) is 9.26. The van der Waals surface area contributed by atoms with Gasteiger partial charge in [-0.15, -0.1) is 0 Å². The first kappa shape index (κ1) is 13.7. The third-order valence-electron chi connectivity index (χ3n) is 3.70. The number of benzene rings is 2. The number of hydrogen-bond donors (Lipinski definition) is 2. The molecule has 0 aliphatic carbocycles. The molecule has 0 saturated heterocycles. The van der Waals surface area contributed by atoms with E-state index in [9.17, 15) is 9.50 Å². The second kappa shape index (κ2) is 5.26. The second-order valence-corrected chi connectivity index (χ2v) is 5.06. The topological polar surface area (TPSA) is 64.7 Å². The van der Waals surface area contributed by atoms with Gasteiger partial charge >= 0.3 is 0 Å². The Morgan fingerprint density at radius 1 is 1.29 bits per heavy atom.